The summed E-state index contributed by atoms with van der Waals surface area (Å²) in [6.07, 6.45) is 0. The fraction of sp³-hybridized carbons (Fsp3) is 0.0500. The van der Waals surface area contributed by atoms with Gasteiger partial charge in [-0.25, -0.2) is 8.42 Å². The Morgan fingerprint density at radius 3 is 2.31 bits per heavy atom. The highest BCUT2D eigenvalue weighted by Crippen LogP contribution is 2.27. The zero-order valence-corrected chi connectivity index (χ0v) is 17.4. The fourth-order valence-electron chi connectivity index (χ4n) is 2.52. The Labute approximate surface area is 178 Å². The number of phenols is 1. The van der Waals surface area contributed by atoms with E-state index in [0.29, 0.717) is 0 Å². The molecule has 0 aliphatic rings. The summed E-state index contributed by atoms with van der Waals surface area (Å²) in [5.41, 5.74) is 1.67. The Bertz CT molecular complexity index is 1180. The van der Waals surface area contributed by atoms with Crippen molar-refractivity contribution in [1.29, 1.82) is 0 Å². The molecule has 6 nitrogen and oxygen atoms in total. The highest BCUT2D eigenvalue weighted by Gasteiger charge is 2.19. The minimum atomic E-state index is -3.96. The van der Waals surface area contributed by atoms with Gasteiger partial charge in [0.2, 0.25) is 0 Å². The van der Waals surface area contributed by atoms with E-state index < -0.39 is 15.9 Å². The Morgan fingerprint density at radius 2 is 1.66 bits per heavy atom. The van der Waals surface area contributed by atoms with E-state index in [-0.39, 0.29) is 37.6 Å². The van der Waals surface area contributed by atoms with E-state index in [1.165, 1.54) is 48.5 Å². The number of sulfonamides is 1. The average molecular weight is 451 g/mol. The number of phenolic OH excluding ortho intramolecular Hbond substituents is 1. The first-order valence-electron chi connectivity index (χ1n) is 8.34. The second-order valence-corrected chi connectivity index (χ2v) is 8.73. The summed E-state index contributed by atoms with van der Waals surface area (Å²) in [4.78, 5) is 12.2. The van der Waals surface area contributed by atoms with Gasteiger partial charge in [0.1, 0.15) is 10.6 Å². The van der Waals surface area contributed by atoms with Crippen molar-refractivity contribution in [2.45, 2.75) is 11.8 Å². The number of halogens is 2. The van der Waals surface area contributed by atoms with Crippen LogP contribution < -0.4 is 10.0 Å². The van der Waals surface area contributed by atoms with E-state index >= 15 is 0 Å². The summed E-state index contributed by atoms with van der Waals surface area (Å²) < 4.78 is 27.5. The molecule has 0 radical (unpaired) electrons. The van der Waals surface area contributed by atoms with E-state index in [1.54, 1.807) is 12.1 Å². The summed E-state index contributed by atoms with van der Waals surface area (Å²) in [6, 6.07) is 14.8. The van der Waals surface area contributed by atoms with E-state index in [1.807, 2.05) is 6.92 Å². The minimum Gasteiger partial charge on any atom is -0.506 e. The van der Waals surface area contributed by atoms with Crippen LogP contribution in [0, 0.1) is 6.92 Å². The Morgan fingerprint density at radius 1 is 0.966 bits per heavy atom. The molecular weight excluding hydrogens is 435 g/mol. The lowest BCUT2D eigenvalue weighted by Gasteiger charge is -2.11. The van der Waals surface area contributed by atoms with Crippen molar-refractivity contribution in [1.82, 2.24) is 0 Å². The van der Waals surface area contributed by atoms with Gasteiger partial charge < -0.3 is 10.4 Å². The number of carbonyl (C=O) groups excluding carboxylic acids is 1. The van der Waals surface area contributed by atoms with Gasteiger partial charge >= 0.3 is 0 Å². The average Bonchev–Trinajstić information content (AvgIpc) is 2.66. The van der Waals surface area contributed by atoms with Crippen LogP contribution in [-0.2, 0) is 10.0 Å². The summed E-state index contributed by atoms with van der Waals surface area (Å²) in [7, 11) is -3.96. The van der Waals surface area contributed by atoms with Gasteiger partial charge in [-0.15, -0.1) is 0 Å². The van der Waals surface area contributed by atoms with Gasteiger partial charge in [-0.2, -0.15) is 0 Å². The number of rotatable bonds is 5. The maximum Gasteiger partial charge on any atom is 0.263 e. The molecule has 0 atom stereocenters. The van der Waals surface area contributed by atoms with Crippen LogP contribution in [0.3, 0.4) is 0 Å². The van der Waals surface area contributed by atoms with Gasteiger partial charge in [0.25, 0.3) is 15.9 Å². The first kappa shape index (κ1) is 21.0. The standard InChI is InChI=1S/C20H16Cl2N2O4S/c1-12-2-9-17(18(25)10-12)23-20(26)13-3-6-15(7-4-13)24-29(27,28)19-11-14(21)5-8-16(19)22/h2-11,24-25H,1H3,(H,23,26). The van der Waals surface area contributed by atoms with Crippen LogP contribution in [0.1, 0.15) is 15.9 Å². The van der Waals surface area contributed by atoms with Crippen LogP contribution in [0.5, 0.6) is 5.75 Å². The summed E-state index contributed by atoms with van der Waals surface area (Å²) in [5, 5.41) is 12.8. The molecule has 0 unspecified atom stereocenters. The number of nitrogens with one attached hydrogen (secondary N) is 2. The van der Waals surface area contributed by atoms with Gasteiger partial charge in [0, 0.05) is 16.3 Å². The maximum absolute atomic E-state index is 12.5. The molecule has 150 valence electrons. The van der Waals surface area contributed by atoms with Gasteiger partial charge in [0.05, 0.1) is 10.7 Å². The molecular formula is C20H16Cl2N2O4S. The topological polar surface area (TPSA) is 95.5 Å². The molecule has 3 rings (SSSR count). The molecule has 0 aliphatic heterocycles. The second-order valence-electron chi connectivity index (χ2n) is 6.23. The highest BCUT2D eigenvalue weighted by molar-refractivity contribution is 7.92. The van der Waals surface area contributed by atoms with Crippen LogP contribution in [0.15, 0.2) is 65.6 Å². The van der Waals surface area contributed by atoms with E-state index in [2.05, 4.69) is 10.0 Å². The van der Waals surface area contributed by atoms with Crippen molar-refractivity contribution in [3.8, 4) is 5.75 Å². The number of amides is 1. The van der Waals surface area contributed by atoms with Crippen molar-refractivity contribution in [3.05, 3.63) is 81.8 Å². The molecule has 0 bridgehead atoms. The van der Waals surface area contributed by atoms with Crippen LogP contribution >= 0.6 is 23.2 Å². The van der Waals surface area contributed by atoms with Crippen molar-refractivity contribution in [2.75, 3.05) is 10.0 Å². The third-order valence-electron chi connectivity index (χ3n) is 3.98. The first-order chi connectivity index (χ1) is 13.7. The molecule has 0 aliphatic carbocycles. The zero-order valence-electron chi connectivity index (χ0n) is 15.1. The summed E-state index contributed by atoms with van der Waals surface area (Å²) in [5.74, 6) is -0.488. The second kappa shape index (κ2) is 8.32. The minimum absolute atomic E-state index is 0.0378. The van der Waals surface area contributed by atoms with E-state index in [4.69, 9.17) is 23.2 Å². The quantitative estimate of drug-likeness (QED) is 0.473. The largest absolute Gasteiger partial charge is 0.506 e. The van der Waals surface area contributed by atoms with E-state index in [0.717, 1.165) is 5.56 Å². The van der Waals surface area contributed by atoms with E-state index in [9.17, 15) is 18.3 Å². The highest BCUT2D eigenvalue weighted by atomic mass is 35.5. The molecule has 3 N–H and O–H groups in total. The number of aryl methyl sites for hydroxylation is 1. The molecule has 0 heterocycles. The van der Waals surface area contributed by atoms with Crippen LogP contribution in [0.4, 0.5) is 11.4 Å². The molecule has 3 aromatic rings. The van der Waals surface area contributed by atoms with Gasteiger partial charge in [0.15, 0.2) is 0 Å². The molecule has 0 spiro atoms. The molecule has 0 saturated carbocycles. The smallest absolute Gasteiger partial charge is 0.263 e. The van der Waals surface area contributed by atoms with Crippen LogP contribution in [0.2, 0.25) is 10.0 Å². The number of carbonyl (C=O) groups is 1. The number of hydrogen-bond donors (Lipinski definition) is 3. The van der Waals surface area contributed by atoms with Crippen molar-refractivity contribution in [3.63, 3.8) is 0 Å². The molecule has 0 saturated heterocycles. The summed E-state index contributed by atoms with van der Waals surface area (Å²) >= 11 is 11.8. The van der Waals surface area contributed by atoms with Crippen LogP contribution in [-0.4, -0.2) is 19.4 Å². The predicted molar refractivity (Wildman–Crippen MR) is 115 cm³/mol. The van der Waals surface area contributed by atoms with Crippen LogP contribution in [0.25, 0.3) is 0 Å². The number of aromatic hydroxyl groups is 1. The SMILES string of the molecule is Cc1ccc(NC(=O)c2ccc(NS(=O)(=O)c3cc(Cl)ccc3Cl)cc2)c(O)c1. The Balaban J connectivity index is 1.76. The fourth-order valence-corrected chi connectivity index (χ4v) is 4.35. The zero-order chi connectivity index (χ0) is 21.2. The first-order valence-corrected chi connectivity index (χ1v) is 10.6. The molecule has 29 heavy (non-hydrogen) atoms. The lowest BCUT2D eigenvalue weighted by atomic mass is 10.1. The van der Waals surface area contributed by atoms with Gasteiger partial charge in [-0.05, 0) is 67.1 Å². The lowest BCUT2D eigenvalue weighted by molar-refractivity contribution is 0.102. The molecule has 1 amide bonds. The third kappa shape index (κ3) is 5.00. The predicted octanol–water partition coefficient (Wildman–Crippen LogP) is 5.06. The molecule has 0 aromatic heterocycles. The lowest BCUT2D eigenvalue weighted by Crippen LogP contribution is -2.14. The van der Waals surface area contributed by atoms with Crippen molar-refractivity contribution in [2.24, 2.45) is 0 Å². The van der Waals surface area contributed by atoms with Crippen molar-refractivity contribution < 1.29 is 18.3 Å². The van der Waals surface area contributed by atoms with Gasteiger partial charge in [-0.3, -0.25) is 9.52 Å². The number of anilines is 2. The number of hydrogen-bond acceptors (Lipinski definition) is 4. The Hall–Kier alpha value is -2.74. The molecule has 3 aromatic carbocycles. The third-order valence-corrected chi connectivity index (χ3v) is 6.08. The molecule has 0 fully saturated rings. The number of benzene rings is 3. The maximum atomic E-state index is 12.5. The summed E-state index contributed by atoms with van der Waals surface area (Å²) in [6.45, 7) is 1.82. The van der Waals surface area contributed by atoms with Crippen molar-refractivity contribution >= 4 is 50.5 Å². The molecule has 9 heteroatoms. The Kier molecular flexibility index (Phi) is 6.02. The monoisotopic (exact) mass is 450 g/mol. The van der Waals surface area contributed by atoms with Gasteiger partial charge in [-0.1, -0.05) is 29.3 Å². The normalized spacial score (nSPS) is 11.1.